The molecule has 2 heterocycles. The molecule has 0 aromatic rings. The second-order valence-electron chi connectivity index (χ2n) is 13.9. The molecule has 0 aromatic heterocycles. The van der Waals surface area contributed by atoms with Crippen LogP contribution >= 0.6 is 0 Å². The van der Waals surface area contributed by atoms with Crippen LogP contribution in [0, 0.1) is 28.6 Å². The Morgan fingerprint density at radius 3 is 2.36 bits per heavy atom. The van der Waals surface area contributed by atoms with Crippen LogP contribution in [0.25, 0.3) is 0 Å². The Morgan fingerprint density at radius 2 is 1.67 bits per heavy atom. The van der Waals surface area contributed by atoms with Gasteiger partial charge in [0.1, 0.15) is 24.9 Å². The van der Waals surface area contributed by atoms with Gasteiger partial charge in [-0.1, -0.05) is 13.8 Å². The molecule has 13 atom stereocenters. The van der Waals surface area contributed by atoms with Crippen molar-refractivity contribution in [2.24, 2.45) is 28.6 Å². The lowest BCUT2D eigenvalue weighted by Gasteiger charge is -2.66. The highest BCUT2D eigenvalue weighted by atomic mass is 16.7. The zero-order valence-corrected chi connectivity index (χ0v) is 23.7. The Hall–Kier alpha value is -1.07. The number of rotatable bonds is 4. The van der Waals surface area contributed by atoms with Crippen LogP contribution in [-0.2, 0) is 23.7 Å². The van der Waals surface area contributed by atoms with E-state index in [1.165, 1.54) is 7.11 Å². The SMILES string of the molecule is CO[C@H]1[C@@H](O)[C@H](C)O[C@@H](O[C@H]2CC[C@]3(C)[C@@H]4CC[C@]5(C)[C@H](C6=CC(=O)OC6)CC[C@]5(O)[C@H]4CC[C@@]3(O)C2)[C@@H]1O. The Bertz CT molecular complexity index is 1020. The number of hydrogen-bond acceptors (Lipinski definition) is 9. The summed E-state index contributed by atoms with van der Waals surface area (Å²) in [5.74, 6) is 0.151. The molecule has 39 heavy (non-hydrogen) atoms. The van der Waals surface area contributed by atoms with E-state index in [4.69, 9.17) is 18.9 Å². The summed E-state index contributed by atoms with van der Waals surface area (Å²) in [6.07, 6.45) is 3.58. The van der Waals surface area contributed by atoms with Gasteiger partial charge < -0.3 is 39.4 Å². The molecule has 6 aliphatic rings. The first kappa shape index (κ1) is 28.1. The van der Waals surface area contributed by atoms with Gasteiger partial charge in [0.15, 0.2) is 6.29 Å². The summed E-state index contributed by atoms with van der Waals surface area (Å²) in [6, 6.07) is 0. The number of esters is 1. The highest BCUT2D eigenvalue weighted by molar-refractivity contribution is 5.85. The maximum atomic E-state index is 12.4. The van der Waals surface area contributed by atoms with Crippen LogP contribution in [0.5, 0.6) is 0 Å². The van der Waals surface area contributed by atoms with E-state index in [9.17, 15) is 25.2 Å². The van der Waals surface area contributed by atoms with Gasteiger partial charge in [-0.3, -0.25) is 0 Å². The number of aliphatic hydroxyl groups excluding tert-OH is 2. The smallest absolute Gasteiger partial charge is 0.331 e. The summed E-state index contributed by atoms with van der Waals surface area (Å²) in [6.45, 7) is 6.48. The number of methoxy groups -OCH3 is 1. The topological polar surface area (TPSA) is 135 Å². The number of carbonyl (C=O) groups is 1. The third-order valence-electron chi connectivity index (χ3n) is 12.5. The van der Waals surface area contributed by atoms with Crippen molar-refractivity contribution in [3.05, 3.63) is 11.6 Å². The number of aliphatic hydroxyl groups is 4. The molecule has 4 saturated carbocycles. The quantitative estimate of drug-likeness (QED) is 0.307. The molecule has 2 aliphatic heterocycles. The van der Waals surface area contributed by atoms with Gasteiger partial charge >= 0.3 is 5.97 Å². The van der Waals surface area contributed by atoms with Crippen molar-refractivity contribution < 1.29 is 44.2 Å². The lowest BCUT2D eigenvalue weighted by atomic mass is 9.42. The number of hydrogen-bond donors (Lipinski definition) is 4. The van der Waals surface area contributed by atoms with E-state index < -0.39 is 41.9 Å². The molecule has 0 bridgehead atoms. The summed E-state index contributed by atoms with van der Waals surface area (Å²) in [5.41, 5.74) is -1.43. The first-order chi connectivity index (χ1) is 18.4. The van der Waals surface area contributed by atoms with Crippen LogP contribution in [0.2, 0.25) is 0 Å². The monoisotopic (exact) mass is 550 g/mol. The van der Waals surface area contributed by atoms with E-state index in [-0.39, 0.29) is 40.7 Å². The minimum atomic E-state index is -1.13. The van der Waals surface area contributed by atoms with Gasteiger partial charge in [-0.05, 0) is 87.0 Å². The molecule has 0 unspecified atom stereocenters. The Kier molecular flexibility index (Phi) is 6.82. The fourth-order valence-corrected chi connectivity index (χ4v) is 10.1. The number of ether oxygens (including phenoxy) is 4. The number of carbonyl (C=O) groups excluding carboxylic acids is 1. The average Bonchev–Trinajstić information content (AvgIpc) is 3.43. The fourth-order valence-electron chi connectivity index (χ4n) is 10.1. The number of fused-ring (bicyclic) bond motifs is 5. The predicted octanol–water partition coefficient (Wildman–Crippen LogP) is 2.23. The van der Waals surface area contributed by atoms with Crippen LogP contribution in [0.3, 0.4) is 0 Å². The Balaban J connectivity index is 1.19. The van der Waals surface area contributed by atoms with E-state index in [0.717, 1.165) is 37.7 Å². The molecule has 1 saturated heterocycles. The molecule has 0 amide bonds. The number of cyclic esters (lactones) is 1. The summed E-state index contributed by atoms with van der Waals surface area (Å²) in [7, 11) is 1.45. The van der Waals surface area contributed by atoms with Gasteiger partial charge in [0, 0.05) is 25.0 Å². The fraction of sp³-hybridized carbons (Fsp3) is 0.900. The van der Waals surface area contributed by atoms with Gasteiger partial charge in [0.25, 0.3) is 0 Å². The van der Waals surface area contributed by atoms with Crippen molar-refractivity contribution in [3.63, 3.8) is 0 Å². The standard InChI is InChI=1S/C30H46O9/c1-16-23(32)25(36-4)24(33)26(38-16)39-18-5-9-27(2)20-6-10-28(3)19(17-13-22(31)37-15-17)8-12-30(28,35)21(20)7-11-29(27,34)14-18/h13,16,18-21,23-26,32-35H,5-12,14-15H2,1-4H3/t16-,18-,19-,20+,21-,23-,24+,25-,26-,27+,28+,29+,30-/m0/s1. The Morgan fingerprint density at radius 1 is 0.949 bits per heavy atom. The molecule has 0 spiro atoms. The van der Waals surface area contributed by atoms with Crippen molar-refractivity contribution >= 4 is 5.97 Å². The molecule has 0 aromatic carbocycles. The highest BCUT2D eigenvalue weighted by Crippen LogP contribution is 2.70. The largest absolute Gasteiger partial charge is 0.458 e. The summed E-state index contributed by atoms with van der Waals surface area (Å²) in [5, 5.41) is 45.7. The summed E-state index contributed by atoms with van der Waals surface area (Å²) < 4.78 is 22.6. The second kappa shape index (κ2) is 9.48. The molecular formula is C30H46O9. The van der Waals surface area contributed by atoms with Crippen LogP contribution in [-0.4, -0.2) is 88.1 Å². The van der Waals surface area contributed by atoms with Gasteiger partial charge in [-0.2, -0.15) is 0 Å². The molecule has 9 heteroatoms. The van der Waals surface area contributed by atoms with Crippen LogP contribution in [0.15, 0.2) is 11.6 Å². The maximum absolute atomic E-state index is 12.4. The van der Waals surface area contributed by atoms with Crippen molar-refractivity contribution in [2.45, 2.75) is 127 Å². The molecule has 9 nitrogen and oxygen atoms in total. The first-order valence-electron chi connectivity index (χ1n) is 14.9. The minimum absolute atomic E-state index is 0.0934. The van der Waals surface area contributed by atoms with Crippen molar-refractivity contribution in [1.82, 2.24) is 0 Å². The zero-order valence-electron chi connectivity index (χ0n) is 23.7. The van der Waals surface area contributed by atoms with Gasteiger partial charge in [0.05, 0.1) is 23.4 Å². The molecule has 0 radical (unpaired) electrons. The highest BCUT2D eigenvalue weighted by Gasteiger charge is 2.70. The van der Waals surface area contributed by atoms with Crippen molar-refractivity contribution in [1.29, 1.82) is 0 Å². The average molecular weight is 551 g/mol. The molecule has 4 aliphatic carbocycles. The zero-order chi connectivity index (χ0) is 28.0. The Labute approximate surface area is 230 Å². The van der Waals surface area contributed by atoms with Crippen LogP contribution < -0.4 is 0 Å². The lowest BCUT2D eigenvalue weighted by molar-refractivity contribution is -0.321. The third kappa shape index (κ3) is 3.94. The molecule has 220 valence electrons. The summed E-state index contributed by atoms with van der Waals surface area (Å²) >= 11 is 0. The van der Waals surface area contributed by atoms with Crippen molar-refractivity contribution in [2.75, 3.05) is 13.7 Å². The molecule has 4 N–H and O–H groups in total. The minimum Gasteiger partial charge on any atom is -0.458 e. The van der Waals surface area contributed by atoms with Crippen LogP contribution in [0.1, 0.15) is 78.6 Å². The van der Waals surface area contributed by atoms with Gasteiger partial charge in [-0.25, -0.2) is 4.79 Å². The maximum Gasteiger partial charge on any atom is 0.331 e. The van der Waals surface area contributed by atoms with E-state index in [1.807, 2.05) is 0 Å². The predicted molar refractivity (Wildman–Crippen MR) is 139 cm³/mol. The summed E-state index contributed by atoms with van der Waals surface area (Å²) in [4.78, 5) is 11.8. The van der Waals surface area contributed by atoms with Gasteiger partial charge in [0.2, 0.25) is 0 Å². The molecule has 6 rings (SSSR count). The van der Waals surface area contributed by atoms with E-state index in [1.54, 1.807) is 13.0 Å². The lowest BCUT2D eigenvalue weighted by Crippen LogP contribution is -2.67. The van der Waals surface area contributed by atoms with Gasteiger partial charge in [-0.15, -0.1) is 0 Å². The van der Waals surface area contributed by atoms with E-state index in [0.29, 0.717) is 32.3 Å². The molecule has 5 fully saturated rings. The molecular weight excluding hydrogens is 504 g/mol. The van der Waals surface area contributed by atoms with Crippen molar-refractivity contribution in [3.8, 4) is 0 Å². The first-order valence-corrected chi connectivity index (χ1v) is 14.9. The van der Waals surface area contributed by atoms with E-state index >= 15 is 0 Å². The second-order valence-corrected chi connectivity index (χ2v) is 13.9. The van der Waals surface area contributed by atoms with Crippen LogP contribution in [0.4, 0.5) is 0 Å². The van der Waals surface area contributed by atoms with E-state index in [2.05, 4.69) is 13.8 Å². The normalized spacial score (nSPS) is 55.3. The third-order valence-corrected chi connectivity index (χ3v) is 12.5.